The summed E-state index contributed by atoms with van der Waals surface area (Å²) in [4.78, 5) is 0. The van der Waals surface area contributed by atoms with Crippen LogP contribution in [0.15, 0.2) is 24.3 Å². The van der Waals surface area contributed by atoms with Crippen molar-refractivity contribution in [3.05, 3.63) is 41.0 Å². The van der Waals surface area contributed by atoms with Crippen molar-refractivity contribution in [2.75, 3.05) is 6.61 Å². The summed E-state index contributed by atoms with van der Waals surface area (Å²) in [5, 5.41) is 0. The highest BCUT2D eigenvalue weighted by molar-refractivity contribution is 5.46. The van der Waals surface area contributed by atoms with Crippen LogP contribution in [0.5, 0.6) is 5.75 Å². The van der Waals surface area contributed by atoms with Gasteiger partial charge in [0.2, 0.25) is 0 Å². The molecule has 0 spiro atoms. The molecule has 124 valence electrons. The quantitative estimate of drug-likeness (QED) is 0.468. The summed E-state index contributed by atoms with van der Waals surface area (Å²) in [6, 6.07) is 4.58. The minimum absolute atomic E-state index is 0.554. The lowest BCUT2D eigenvalue weighted by atomic mass is 9.88. The van der Waals surface area contributed by atoms with Crippen LogP contribution in [0.1, 0.15) is 76.0 Å². The Kier molecular flexibility index (Phi) is 8.30. The van der Waals surface area contributed by atoms with E-state index in [-0.39, 0.29) is 0 Å². The van der Waals surface area contributed by atoms with E-state index in [2.05, 4.69) is 65.8 Å². The van der Waals surface area contributed by atoms with Gasteiger partial charge in [0.05, 0.1) is 6.61 Å². The number of hydrogen-bond donors (Lipinski definition) is 0. The molecular weight excluding hydrogens is 268 g/mol. The molecule has 1 nitrogen and oxygen atoms in total. The molecule has 0 aliphatic rings. The van der Waals surface area contributed by atoms with E-state index in [0.717, 1.165) is 25.2 Å². The van der Waals surface area contributed by atoms with Gasteiger partial charge in [0.15, 0.2) is 0 Å². The van der Waals surface area contributed by atoms with Crippen LogP contribution < -0.4 is 4.74 Å². The Hall–Kier alpha value is -1.24. The zero-order valence-corrected chi connectivity index (χ0v) is 15.4. The third-order valence-electron chi connectivity index (χ3n) is 3.91. The Labute approximate surface area is 137 Å². The minimum Gasteiger partial charge on any atom is -0.493 e. The monoisotopic (exact) mass is 302 g/mol. The summed E-state index contributed by atoms with van der Waals surface area (Å²) in [7, 11) is 0. The van der Waals surface area contributed by atoms with Crippen molar-refractivity contribution in [3.8, 4) is 5.75 Å². The van der Waals surface area contributed by atoms with Crippen molar-refractivity contribution >= 4 is 0 Å². The van der Waals surface area contributed by atoms with Crippen LogP contribution in [0.25, 0.3) is 0 Å². The number of hydrogen-bond acceptors (Lipinski definition) is 1. The third kappa shape index (κ3) is 5.87. The van der Waals surface area contributed by atoms with E-state index < -0.39 is 0 Å². The zero-order valence-electron chi connectivity index (χ0n) is 15.4. The van der Waals surface area contributed by atoms with E-state index in [1.54, 1.807) is 0 Å². The van der Waals surface area contributed by atoms with Crippen molar-refractivity contribution < 1.29 is 4.74 Å². The third-order valence-corrected chi connectivity index (χ3v) is 3.91. The summed E-state index contributed by atoms with van der Waals surface area (Å²) in [6.07, 6.45) is 9.27. The van der Waals surface area contributed by atoms with Gasteiger partial charge in [-0.2, -0.15) is 0 Å². The van der Waals surface area contributed by atoms with E-state index in [9.17, 15) is 0 Å². The first-order valence-electron chi connectivity index (χ1n) is 8.88. The van der Waals surface area contributed by atoms with Gasteiger partial charge < -0.3 is 4.74 Å². The number of rotatable bonds is 9. The van der Waals surface area contributed by atoms with Gasteiger partial charge in [-0.05, 0) is 56.1 Å². The van der Waals surface area contributed by atoms with E-state index in [4.69, 9.17) is 4.74 Å². The SMILES string of the molecule is CC/C=C\CC(CCC)c1cc(C)cc(C)c1OCC(C)C. The Morgan fingerprint density at radius 1 is 1.09 bits per heavy atom. The van der Waals surface area contributed by atoms with Crippen LogP contribution in [-0.2, 0) is 0 Å². The molecule has 1 unspecified atom stereocenters. The van der Waals surface area contributed by atoms with Gasteiger partial charge in [-0.3, -0.25) is 0 Å². The van der Waals surface area contributed by atoms with Gasteiger partial charge in [-0.1, -0.05) is 64.0 Å². The molecule has 0 aliphatic heterocycles. The van der Waals surface area contributed by atoms with Gasteiger partial charge in [-0.15, -0.1) is 0 Å². The van der Waals surface area contributed by atoms with Crippen LogP contribution >= 0.6 is 0 Å². The van der Waals surface area contributed by atoms with Crippen molar-refractivity contribution in [3.63, 3.8) is 0 Å². The van der Waals surface area contributed by atoms with E-state index in [1.165, 1.54) is 29.5 Å². The highest BCUT2D eigenvalue weighted by atomic mass is 16.5. The van der Waals surface area contributed by atoms with E-state index >= 15 is 0 Å². The first kappa shape index (κ1) is 18.8. The number of allylic oxidation sites excluding steroid dienone is 2. The van der Waals surface area contributed by atoms with Crippen molar-refractivity contribution in [2.45, 2.75) is 73.1 Å². The fourth-order valence-electron chi connectivity index (χ4n) is 2.91. The van der Waals surface area contributed by atoms with Gasteiger partial charge >= 0.3 is 0 Å². The predicted octanol–water partition coefficient (Wildman–Crippen LogP) is 6.58. The minimum atomic E-state index is 0.554. The first-order valence-corrected chi connectivity index (χ1v) is 8.88. The molecule has 0 heterocycles. The van der Waals surface area contributed by atoms with Gasteiger partial charge in [-0.25, -0.2) is 0 Å². The van der Waals surface area contributed by atoms with Crippen molar-refractivity contribution in [1.82, 2.24) is 0 Å². The second-order valence-electron chi connectivity index (χ2n) is 6.81. The molecule has 0 aromatic heterocycles. The maximum Gasteiger partial charge on any atom is 0.125 e. The predicted molar refractivity (Wildman–Crippen MR) is 97.9 cm³/mol. The van der Waals surface area contributed by atoms with Crippen LogP contribution in [0.3, 0.4) is 0 Å². The molecule has 0 radical (unpaired) electrons. The highest BCUT2D eigenvalue weighted by Gasteiger charge is 2.17. The zero-order chi connectivity index (χ0) is 16.5. The van der Waals surface area contributed by atoms with Crippen LogP contribution in [0.4, 0.5) is 0 Å². The average Bonchev–Trinajstić information content (AvgIpc) is 2.44. The molecule has 1 heteroatoms. The molecule has 1 aromatic carbocycles. The van der Waals surface area contributed by atoms with Gasteiger partial charge in [0.1, 0.15) is 5.75 Å². The smallest absolute Gasteiger partial charge is 0.125 e. The standard InChI is InChI=1S/C21H34O/c1-7-9-10-12-19(11-8-2)20-14-17(5)13-18(6)21(20)22-15-16(3)4/h9-10,13-14,16,19H,7-8,11-12,15H2,1-6H3/b10-9-. The summed E-state index contributed by atoms with van der Waals surface area (Å²) in [5.41, 5.74) is 4.02. The normalized spacial score (nSPS) is 13.0. The molecule has 1 atom stereocenters. The lowest BCUT2D eigenvalue weighted by molar-refractivity contribution is 0.265. The maximum absolute atomic E-state index is 6.19. The summed E-state index contributed by atoms with van der Waals surface area (Å²) >= 11 is 0. The number of ether oxygens (including phenoxy) is 1. The fraction of sp³-hybridized carbons (Fsp3) is 0.619. The summed E-state index contributed by atoms with van der Waals surface area (Å²) in [6.45, 7) is 14.0. The van der Waals surface area contributed by atoms with E-state index in [1.807, 2.05) is 0 Å². The molecule has 1 rings (SSSR count). The molecule has 22 heavy (non-hydrogen) atoms. The lowest BCUT2D eigenvalue weighted by Gasteiger charge is -2.22. The second kappa shape index (κ2) is 9.71. The Balaban J connectivity index is 3.12. The number of benzene rings is 1. The topological polar surface area (TPSA) is 9.23 Å². The van der Waals surface area contributed by atoms with Gasteiger partial charge in [0, 0.05) is 0 Å². The Bertz CT molecular complexity index is 471. The molecule has 0 saturated heterocycles. The fourth-order valence-corrected chi connectivity index (χ4v) is 2.91. The van der Waals surface area contributed by atoms with Gasteiger partial charge in [0.25, 0.3) is 0 Å². The van der Waals surface area contributed by atoms with Crippen LogP contribution in [-0.4, -0.2) is 6.61 Å². The lowest BCUT2D eigenvalue weighted by Crippen LogP contribution is -2.10. The summed E-state index contributed by atoms with van der Waals surface area (Å²) in [5.74, 6) is 2.24. The number of aryl methyl sites for hydroxylation is 2. The molecule has 0 aliphatic carbocycles. The Morgan fingerprint density at radius 3 is 2.41 bits per heavy atom. The molecular formula is C21H34O. The summed E-state index contributed by atoms with van der Waals surface area (Å²) < 4.78 is 6.19. The van der Waals surface area contributed by atoms with Crippen molar-refractivity contribution in [1.29, 1.82) is 0 Å². The Morgan fingerprint density at radius 2 is 1.82 bits per heavy atom. The molecule has 0 bridgehead atoms. The van der Waals surface area contributed by atoms with Crippen LogP contribution in [0.2, 0.25) is 0 Å². The maximum atomic E-state index is 6.19. The largest absolute Gasteiger partial charge is 0.493 e. The molecule has 0 amide bonds. The van der Waals surface area contributed by atoms with Crippen LogP contribution in [0, 0.1) is 19.8 Å². The average molecular weight is 303 g/mol. The van der Waals surface area contributed by atoms with E-state index in [0.29, 0.717) is 11.8 Å². The second-order valence-corrected chi connectivity index (χ2v) is 6.81. The molecule has 0 fully saturated rings. The molecule has 1 aromatic rings. The highest BCUT2D eigenvalue weighted by Crippen LogP contribution is 2.36. The molecule has 0 N–H and O–H groups in total. The molecule has 0 saturated carbocycles. The van der Waals surface area contributed by atoms with Crippen molar-refractivity contribution in [2.24, 2.45) is 5.92 Å². The first-order chi connectivity index (χ1) is 10.5.